The highest BCUT2D eigenvalue weighted by atomic mass is 19.1. The first kappa shape index (κ1) is 20.6. The van der Waals surface area contributed by atoms with Gasteiger partial charge in [0.15, 0.2) is 24.2 Å². The summed E-state index contributed by atoms with van der Waals surface area (Å²) in [7, 11) is 1.46. The fraction of sp³-hybridized carbons (Fsp3) is 0.190. The highest BCUT2D eigenvalue weighted by Crippen LogP contribution is 2.28. The summed E-state index contributed by atoms with van der Waals surface area (Å²) in [5, 5.41) is 8.57. The van der Waals surface area contributed by atoms with E-state index in [4.69, 9.17) is 19.5 Å². The molecule has 0 heterocycles. The molecule has 0 aliphatic carbocycles. The van der Waals surface area contributed by atoms with Gasteiger partial charge in [-0.25, -0.2) is 9.18 Å². The number of benzene rings is 2. The molecular weight excluding hydrogens is 365 g/mol. The molecule has 1 unspecified atom stereocenters. The molecule has 0 amide bonds. The zero-order chi connectivity index (χ0) is 20.5. The number of esters is 1. The van der Waals surface area contributed by atoms with E-state index in [-0.39, 0.29) is 12.2 Å². The highest BCUT2D eigenvalue weighted by Gasteiger charge is 2.18. The maximum atomic E-state index is 12.9. The number of nitriles is 1. The SMILES string of the molecule is COc1cc(/C=C/C(=O)OC(C)C(=O)c2ccc(F)cc2)ccc1OCC#N. The van der Waals surface area contributed by atoms with Gasteiger partial charge < -0.3 is 14.2 Å². The summed E-state index contributed by atoms with van der Waals surface area (Å²) in [4.78, 5) is 24.2. The quantitative estimate of drug-likeness (QED) is 0.394. The minimum Gasteiger partial charge on any atom is -0.493 e. The number of hydrogen-bond acceptors (Lipinski definition) is 6. The first-order valence-corrected chi connectivity index (χ1v) is 8.31. The van der Waals surface area contributed by atoms with E-state index in [0.717, 1.165) is 0 Å². The molecule has 28 heavy (non-hydrogen) atoms. The van der Waals surface area contributed by atoms with E-state index in [2.05, 4.69) is 0 Å². The Morgan fingerprint density at radius 2 is 1.89 bits per heavy atom. The molecule has 0 fully saturated rings. The predicted molar refractivity (Wildman–Crippen MR) is 99.4 cm³/mol. The molecule has 0 bridgehead atoms. The second-order valence-electron chi connectivity index (χ2n) is 5.64. The van der Waals surface area contributed by atoms with Gasteiger partial charge in [-0.1, -0.05) is 6.07 Å². The van der Waals surface area contributed by atoms with Crippen molar-refractivity contribution in [1.29, 1.82) is 5.26 Å². The van der Waals surface area contributed by atoms with Crippen LogP contribution in [0.3, 0.4) is 0 Å². The first-order valence-electron chi connectivity index (χ1n) is 8.31. The molecule has 0 saturated carbocycles. The van der Waals surface area contributed by atoms with Gasteiger partial charge in [0.2, 0.25) is 5.78 Å². The maximum absolute atomic E-state index is 12.9. The van der Waals surface area contributed by atoms with Crippen LogP contribution in [0.2, 0.25) is 0 Å². The third-order valence-electron chi connectivity index (χ3n) is 3.68. The van der Waals surface area contributed by atoms with Crippen LogP contribution in [0, 0.1) is 17.1 Å². The number of Topliss-reactive ketones (excluding diaryl/α,β-unsaturated/α-hetero) is 1. The van der Waals surface area contributed by atoms with E-state index in [1.807, 2.05) is 6.07 Å². The number of hydrogen-bond donors (Lipinski definition) is 0. The lowest BCUT2D eigenvalue weighted by molar-refractivity contribution is -0.140. The number of nitrogens with zero attached hydrogens (tertiary/aromatic N) is 1. The number of rotatable bonds is 8. The molecule has 0 aliphatic rings. The smallest absolute Gasteiger partial charge is 0.331 e. The van der Waals surface area contributed by atoms with Crippen molar-refractivity contribution < 1.29 is 28.2 Å². The summed E-state index contributed by atoms with van der Waals surface area (Å²) in [6.07, 6.45) is 1.66. The lowest BCUT2D eigenvalue weighted by Gasteiger charge is -2.11. The Balaban J connectivity index is 2.00. The largest absolute Gasteiger partial charge is 0.493 e. The minimum absolute atomic E-state index is 0.113. The van der Waals surface area contributed by atoms with Crippen molar-refractivity contribution in [3.63, 3.8) is 0 Å². The molecule has 0 radical (unpaired) electrons. The van der Waals surface area contributed by atoms with E-state index >= 15 is 0 Å². The van der Waals surface area contributed by atoms with Crippen molar-refractivity contribution >= 4 is 17.8 Å². The fourth-order valence-corrected chi connectivity index (χ4v) is 2.30. The molecular formula is C21H18FNO5. The standard InChI is InChI=1S/C21H18FNO5/c1-14(21(25)16-5-7-17(22)8-6-16)28-20(24)10-4-15-3-9-18(27-12-11-23)19(13-15)26-2/h3-10,13-14H,12H2,1-2H3/b10-4+. The molecule has 6 nitrogen and oxygen atoms in total. The van der Waals surface area contributed by atoms with E-state index in [1.54, 1.807) is 18.2 Å². The molecule has 0 aromatic heterocycles. The molecule has 144 valence electrons. The van der Waals surface area contributed by atoms with Gasteiger partial charge in [-0.3, -0.25) is 4.79 Å². The van der Waals surface area contributed by atoms with Gasteiger partial charge in [0, 0.05) is 11.6 Å². The number of carbonyl (C=O) groups is 2. The van der Waals surface area contributed by atoms with Crippen LogP contribution in [0.15, 0.2) is 48.5 Å². The summed E-state index contributed by atoms with van der Waals surface area (Å²) >= 11 is 0. The number of ether oxygens (including phenoxy) is 3. The number of carbonyl (C=O) groups excluding carboxylic acids is 2. The van der Waals surface area contributed by atoms with Crippen molar-refractivity contribution in [2.45, 2.75) is 13.0 Å². The summed E-state index contributed by atoms with van der Waals surface area (Å²) in [5.74, 6) is -0.773. The third kappa shape index (κ3) is 5.68. The van der Waals surface area contributed by atoms with Crippen LogP contribution >= 0.6 is 0 Å². The topological polar surface area (TPSA) is 85.6 Å². The Labute approximate surface area is 161 Å². The Morgan fingerprint density at radius 1 is 1.18 bits per heavy atom. The second kappa shape index (κ2) is 9.88. The zero-order valence-corrected chi connectivity index (χ0v) is 15.3. The van der Waals surface area contributed by atoms with Crippen LogP contribution in [-0.2, 0) is 9.53 Å². The molecule has 2 aromatic carbocycles. The van der Waals surface area contributed by atoms with Crippen LogP contribution in [0.1, 0.15) is 22.8 Å². The molecule has 2 rings (SSSR count). The van der Waals surface area contributed by atoms with Gasteiger partial charge in [-0.2, -0.15) is 5.26 Å². The minimum atomic E-state index is -1.01. The Bertz CT molecular complexity index is 915. The van der Waals surface area contributed by atoms with Crippen molar-refractivity contribution in [2.75, 3.05) is 13.7 Å². The van der Waals surface area contributed by atoms with Crippen molar-refractivity contribution in [2.24, 2.45) is 0 Å². The third-order valence-corrected chi connectivity index (χ3v) is 3.68. The molecule has 1 atom stereocenters. The maximum Gasteiger partial charge on any atom is 0.331 e. The van der Waals surface area contributed by atoms with Gasteiger partial charge in [-0.15, -0.1) is 0 Å². The summed E-state index contributed by atoms with van der Waals surface area (Å²) in [5.41, 5.74) is 0.888. The van der Waals surface area contributed by atoms with Gasteiger partial charge in [-0.05, 0) is 55.0 Å². The monoisotopic (exact) mass is 383 g/mol. The lowest BCUT2D eigenvalue weighted by Crippen LogP contribution is -2.23. The normalized spacial score (nSPS) is 11.5. The zero-order valence-electron chi connectivity index (χ0n) is 15.3. The van der Waals surface area contributed by atoms with Crippen LogP contribution in [0.5, 0.6) is 11.5 Å². The summed E-state index contributed by atoms with van der Waals surface area (Å²) < 4.78 is 28.4. The van der Waals surface area contributed by atoms with Gasteiger partial charge >= 0.3 is 5.97 Å². The van der Waals surface area contributed by atoms with Crippen molar-refractivity contribution in [3.05, 3.63) is 65.5 Å². The molecule has 7 heteroatoms. The molecule has 2 aromatic rings. The fourth-order valence-electron chi connectivity index (χ4n) is 2.30. The average Bonchev–Trinajstić information content (AvgIpc) is 2.70. The van der Waals surface area contributed by atoms with E-state index in [1.165, 1.54) is 50.5 Å². The van der Waals surface area contributed by atoms with Gasteiger partial charge in [0.1, 0.15) is 11.9 Å². The molecule has 0 saturated heterocycles. The Morgan fingerprint density at radius 3 is 2.54 bits per heavy atom. The van der Waals surface area contributed by atoms with E-state index in [0.29, 0.717) is 17.1 Å². The van der Waals surface area contributed by atoms with Crippen LogP contribution in [0.25, 0.3) is 6.08 Å². The van der Waals surface area contributed by atoms with Crippen LogP contribution in [-0.4, -0.2) is 31.6 Å². The lowest BCUT2D eigenvalue weighted by atomic mass is 10.1. The molecule has 0 aliphatic heterocycles. The molecule has 0 N–H and O–H groups in total. The number of methoxy groups -OCH3 is 1. The highest BCUT2D eigenvalue weighted by molar-refractivity contribution is 6.01. The average molecular weight is 383 g/mol. The first-order chi connectivity index (χ1) is 13.4. The number of ketones is 1. The Kier molecular flexibility index (Phi) is 7.28. The van der Waals surface area contributed by atoms with Gasteiger partial charge in [0.25, 0.3) is 0 Å². The van der Waals surface area contributed by atoms with Crippen molar-refractivity contribution in [1.82, 2.24) is 0 Å². The Hall–Kier alpha value is -3.66. The van der Waals surface area contributed by atoms with E-state index in [9.17, 15) is 14.0 Å². The van der Waals surface area contributed by atoms with E-state index < -0.39 is 23.7 Å². The molecule has 0 spiro atoms. The van der Waals surface area contributed by atoms with Crippen LogP contribution < -0.4 is 9.47 Å². The second-order valence-corrected chi connectivity index (χ2v) is 5.64. The van der Waals surface area contributed by atoms with Crippen molar-refractivity contribution in [3.8, 4) is 17.6 Å². The van der Waals surface area contributed by atoms with Crippen LogP contribution in [0.4, 0.5) is 4.39 Å². The number of halogens is 1. The summed E-state index contributed by atoms with van der Waals surface area (Å²) in [6.45, 7) is 1.33. The predicted octanol–water partition coefficient (Wildman–Crippen LogP) is 3.56. The van der Waals surface area contributed by atoms with Gasteiger partial charge in [0.05, 0.1) is 7.11 Å². The summed E-state index contributed by atoms with van der Waals surface area (Å²) in [6, 6.07) is 11.8.